The van der Waals surface area contributed by atoms with Gasteiger partial charge < -0.3 is 20.1 Å². The van der Waals surface area contributed by atoms with Gasteiger partial charge in [0.1, 0.15) is 0 Å². The lowest BCUT2D eigenvalue weighted by molar-refractivity contribution is -0.0494. The van der Waals surface area contributed by atoms with Crippen LogP contribution >= 0.6 is 0 Å². The number of rotatable bonds is 8. The number of hydrogen-bond donors (Lipinski definition) is 1. The Morgan fingerprint density at radius 1 is 1.21 bits per heavy atom. The molecule has 1 saturated heterocycles. The summed E-state index contributed by atoms with van der Waals surface area (Å²) in [7, 11) is 1.81. The minimum atomic E-state index is -2.96. The van der Waals surface area contributed by atoms with Crippen molar-refractivity contribution in [3.63, 3.8) is 0 Å². The summed E-state index contributed by atoms with van der Waals surface area (Å²) in [5, 5.41) is 4.90. The number of hydrogen-bond acceptors (Lipinski definition) is 6. The van der Waals surface area contributed by atoms with E-state index in [4.69, 9.17) is 15.6 Å². The molecule has 1 aliphatic heterocycles. The zero-order chi connectivity index (χ0) is 24.4. The number of anilines is 1. The second-order valence-corrected chi connectivity index (χ2v) is 9.82. The van der Waals surface area contributed by atoms with Gasteiger partial charge in [0, 0.05) is 55.7 Å². The van der Waals surface area contributed by atoms with E-state index in [1.165, 1.54) is 18.2 Å². The van der Waals surface area contributed by atoms with Crippen molar-refractivity contribution in [3.8, 4) is 17.0 Å². The Morgan fingerprint density at radius 3 is 2.59 bits per heavy atom. The predicted molar refractivity (Wildman–Crippen MR) is 128 cm³/mol. The number of nitrogen functional groups attached to an aromatic ring is 1. The average Bonchev–Trinajstić information content (AvgIpc) is 3.43. The Hall–Kier alpha value is -2.26. The zero-order valence-corrected chi connectivity index (χ0v) is 20.6. The standard InChI is InChI=1S/C25H37F2N5O2/c1-5-16(3)32-22(13-21(30-32)17-11-23(34-25(26)27)24(28)29-14-17)20-12-18(10-15(20)2)31-8-6-19(33-4)7-9-31/h11,13-16,18-20,25H,5-10,12H2,1-4H3,(H2,28,29). The zero-order valence-electron chi connectivity index (χ0n) is 20.6. The van der Waals surface area contributed by atoms with Crippen LogP contribution in [0, 0.1) is 5.92 Å². The Morgan fingerprint density at radius 2 is 1.94 bits per heavy atom. The van der Waals surface area contributed by atoms with Crippen molar-refractivity contribution >= 4 is 5.82 Å². The Bertz CT molecular complexity index is 961. The van der Waals surface area contributed by atoms with Crippen molar-refractivity contribution in [1.29, 1.82) is 0 Å². The van der Waals surface area contributed by atoms with Gasteiger partial charge in [-0.3, -0.25) is 4.68 Å². The van der Waals surface area contributed by atoms with Crippen LogP contribution in [-0.4, -0.2) is 58.6 Å². The smallest absolute Gasteiger partial charge is 0.387 e. The molecule has 34 heavy (non-hydrogen) atoms. The predicted octanol–water partition coefficient (Wildman–Crippen LogP) is 5.09. The lowest BCUT2D eigenvalue weighted by atomic mass is 9.93. The molecule has 7 nitrogen and oxygen atoms in total. The van der Waals surface area contributed by atoms with Crippen LogP contribution in [0.15, 0.2) is 18.3 Å². The molecule has 188 valence electrons. The quantitative estimate of drug-likeness (QED) is 0.570. The summed E-state index contributed by atoms with van der Waals surface area (Å²) in [4.78, 5) is 6.70. The van der Waals surface area contributed by atoms with Gasteiger partial charge in [-0.05, 0) is 57.1 Å². The van der Waals surface area contributed by atoms with E-state index in [0.29, 0.717) is 35.2 Å². The van der Waals surface area contributed by atoms with Crippen LogP contribution in [0.2, 0.25) is 0 Å². The first-order valence-corrected chi connectivity index (χ1v) is 12.4. The van der Waals surface area contributed by atoms with Gasteiger partial charge in [0.2, 0.25) is 0 Å². The summed E-state index contributed by atoms with van der Waals surface area (Å²) in [5.41, 5.74) is 8.27. The molecule has 0 amide bonds. The first kappa shape index (κ1) is 24.9. The molecule has 2 aromatic rings. The molecular weight excluding hydrogens is 440 g/mol. The molecule has 2 aromatic heterocycles. The summed E-state index contributed by atoms with van der Waals surface area (Å²) in [6.07, 6.45) is 7.35. The molecule has 0 radical (unpaired) electrons. The van der Waals surface area contributed by atoms with Crippen LogP contribution in [0.1, 0.15) is 70.5 Å². The minimum Gasteiger partial charge on any atom is -0.431 e. The number of nitrogens with zero attached hydrogens (tertiary/aromatic N) is 4. The molecule has 0 spiro atoms. The summed E-state index contributed by atoms with van der Waals surface area (Å²) < 4.78 is 37.8. The molecule has 2 N–H and O–H groups in total. The second kappa shape index (κ2) is 10.6. The van der Waals surface area contributed by atoms with Crippen molar-refractivity contribution in [2.24, 2.45) is 5.92 Å². The second-order valence-electron chi connectivity index (χ2n) is 9.82. The van der Waals surface area contributed by atoms with E-state index in [-0.39, 0.29) is 17.6 Å². The lowest BCUT2D eigenvalue weighted by Gasteiger charge is -2.35. The van der Waals surface area contributed by atoms with Gasteiger partial charge in [-0.25, -0.2) is 4.98 Å². The highest BCUT2D eigenvalue weighted by Gasteiger charge is 2.39. The Balaban J connectivity index is 1.60. The number of nitrogens with two attached hydrogens (primary N) is 1. The van der Waals surface area contributed by atoms with Crippen LogP contribution in [0.25, 0.3) is 11.3 Å². The van der Waals surface area contributed by atoms with Crippen molar-refractivity contribution in [2.45, 2.75) is 83.6 Å². The topological polar surface area (TPSA) is 78.4 Å². The molecular formula is C25H37F2N5O2. The normalized spacial score (nSPS) is 25.2. The Labute approximate surface area is 200 Å². The fraction of sp³-hybridized carbons (Fsp3) is 0.680. The fourth-order valence-corrected chi connectivity index (χ4v) is 5.54. The van der Waals surface area contributed by atoms with Crippen molar-refractivity contribution in [3.05, 3.63) is 24.0 Å². The highest BCUT2D eigenvalue weighted by atomic mass is 19.3. The molecule has 4 unspecified atom stereocenters. The SMILES string of the molecule is CCC(C)n1nc(-c2cnc(N)c(OC(F)F)c2)cc1C1CC(N2CCC(OC)CC2)CC1C. The number of aromatic nitrogens is 3. The minimum absolute atomic E-state index is 0.0601. The summed E-state index contributed by atoms with van der Waals surface area (Å²) in [5.74, 6) is 0.731. The van der Waals surface area contributed by atoms with Gasteiger partial charge >= 0.3 is 6.61 Å². The molecule has 4 atom stereocenters. The third kappa shape index (κ3) is 5.20. The van der Waals surface area contributed by atoms with Crippen LogP contribution < -0.4 is 10.5 Å². The maximum Gasteiger partial charge on any atom is 0.387 e. The summed E-state index contributed by atoms with van der Waals surface area (Å²) in [6, 6.07) is 4.39. The van der Waals surface area contributed by atoms with E-state index >= 15 is 0 Å². The van der Waals surface area contributed by atoms with E-state index in [1.54, 1.807) is 13.3 Å². The molecule has 0 aromatic carbocycles. The number of piperidine rings is 1. The lowest BCUT2D eigenvalue weighted by Crippen LogP contribution is -2.42. The van der Waals surface area contributed by atoms with Gasteiger partial charge in [0.25, 0.3) is 0 Å². The van der Waals surface area contributed by atoms with E-state index < -0.39 is 6.61 Å². The molecule has 1 saturated carbocycles. The van der Waals surface area contributed by atoms with Crippen molar-refractivity contribution < 1.29 is 18.3 Å². The number of likely N-dealkylation sites (tertiary alicyclic amines) is 1. The first-order valence-electron chi connectivity index (χ1n) is 12.4. The third-order valence-corrected chi connectivity index (χ3v) is 7.73. The maximum absolute atomic E-state index is 12.8. The first-order chi connectivity index (χ1) is 16.3. The Kier molecular flexibility index (Phi) is 7.72. The van der Waals surface area contributed by atoms with E-state index in [2.05, 4.69) is 46.1 Å². The monoisotopic (exact) mass is 477 g/mol. The van der Waals surface area contributed by atoms with Crippen molar-refractivity contribution in [1.82, 2.24) is 19.7 Å². The average molecular weight is 478 g/mol. The van der Waals surface area contributed by atoms with Crippen LogP contribution in [0.3, 0.4) is 0 Å². The van der Waals surface area contributed by atoms with E-state index in [0.717, 1.165) is 38.8 Å². The van der Waals surface area contributed by atoms with Gasteiger partial charge in [-0.15, -0.1) is 0 Å². The summed E-state index contributed by atoms with van der Waals surface area (Å²) in [6.45, 7) is 5.86. The molecule has 3 heterocycles. The van der Waals surface area contributed by atoms with Crippen LogP contribution in [-0.2, 0) is 4.74 Å². The highest BCUT2D eigenvalue weighted by molar-refractivity contribution is 5.64. The van der Waals surface area contributed by atoms with Gasteiger partial charge in [0.05, 0.1) is 11.8 Å². The fourth-order valence-electron chi connectivity index (χ4n) is 5.54. The van der Waals surface area contributed by atoms with Crippen LogP contribution in [0.4, 0.5) is 14.6 Å². The summed E-state index contributed by atoms with van der Waals surface area (Å²) >= 11 is 0. The molecule has 4 rings (SSSR count). The van der Waals surface area contributed by atoms with Gasteiger partial charge in [-0.2, -0.15) is 13.9 Å². The molecule has 1 aliphatic carbocycles. The maximum atomic E-state index is 12.8. The number of ether oxygens (including phenoxy) is 2. The van der Waals surface area contributed by atoms with Gasteiger partial charge in [-0.1, -0.05) is 13.8 Å². The number of methoxy groups -OCH3 is 1. The molecule has 0 bridgehead atoms. The number of halogens is 2. The van der Waals surface area contributed by atoms with Crippen molar-refractivity contribution in [2.75, 3.05) is 25.9 Å². The third-order valence-electron chi connectivity index (χ3n) is 7.73. The number of alkyl halides is 2. The van der Waals surface area contributed by atoms with E-state index in [9.17, 15) is 8.78 Å². The molecule has 9 heteroatoms. The highest BCUT2D eigenvalue weighted by Crippen LogP contribution is 2.44. The van der Waals surface area contributed by atoms with Gasteiger partial charge in [0.15, 0.2) is 11.6 Å². The van der Waals surface area contributed by atoms with E-state index in [1.807, 2.05) is 0 Å². The molecule has 2 fully saturated rings. The number of pyridine rings is 1. The molecule has 2 aliphatic rings. The largest absolute Gasteiger partial charge is 0.431 e. The van der Waals surface area contributed by atoms with Crippen LogP contribution in [0.5, 0.6) is 5.75 Å².